The van der Waals surface area contributed by atoms with Crippen LogP contribution in [-0.2, 0) is 17.8 Å². The van der Waals surface area contributed by atoms with Gasteiger partial charge in [0.15, 0.2) is 0 Å². The summed E-state index contributed by atoms with van der Waals surface area (Å²) >= 11 is 9.31. The molecule has 2 aromatic rings. The summed E-state index contributed by atoms with van der Waals surface area (Å²) in [7, 11) is 0. The Labute approximate surface area is 130 Å². The number of carbonyl (C=O) groups is 1. The van der Waals surface area contributed by atoms with Crippen LogP contribution < -0.4 is 5.32 Å². The summed E-state index contributed by atoms with van der Waals surface area (Å²) in [6, 6.07) is 13.1. The lowest BCUT2D eigenvalue weighted by molar-refractivity contribution is -0.136. The second-order valence-corrected chi connectivity index (χ2v) is 5.58. The highest BCUT2D eigenvalue weighted by atomic mass is 79.9. The third-order valence-electron chi connectivity index (χ3n) is 2.86. The predicted octanol–water partition coefficient (Wildman–Crippen LogP) is 4.34. The van der Waals surface area contributed by atoms with E-state index in [0.717, 1.165) is 21.3 Å². The van der Waals surface area contributed by atoms with Gasteiger partial charge in [-0.2, -0.15) is 0 Å². The highest BCUT2D eigenvalue weighted by molar-refractivity contribution is 9.10. The molecule has 5 heteroatoms. The summed E-state index contributed by atoms with van der Waals surface area (Å²) in [6.07, 6.45) is 0.0299. The SMILES string of the molecule is O=C(O)Cc1ccccc1CNc1ccc(Cl)c(Br)c1. The van der Waals surface area contributed by atoms with E-state index < -0.39 is 5.97 Å². The summed E-state index contributed by atoms with van der Waals surface area (Å²) in [4.78, 5) is 10.8. The third-order valence-corrected chi connectivity index (χ3v) is 4.08. The van der Waals surface area contributed by atoms with E-state index in [1.165, 1.54) is 0 Å². The van der Waals surface area contributed by atoms with Crippen LogP contribution in [0.1, 0.15) is 11.1 Å². The Morgan fingerprint density at radius 3 is 2.55 bits per heavy atom. The monoisotopic (exact) mass is 353 g/mol. The highest BCUT2D eigenvalue weighted by Gasteiger charge is 2.06. The van der Waals surface area contributed by atoms with Gasteiger partial charge in [0.05, 0.1) is 11.4 Å². The maximum atomic E-state index is 10.8. The molecule has 0 heterocycles. The minimum Gasteiger partial charge on any atom is -0.481 e. The molecule has 2 N–H and O–H groups in total. The first-order chi connectivity index (χ1) is 9.56. The van der Waals surface area contributed by atoms with Gasteiger partial charge in [0.25, 0.3) is 0 Å². The van der Waals surface area contributed by atoms with Gasteiger partial charge in [-0.25, -0.2) is 0 Å². The van der Waals surface area contributed by atoms with Crippen LogP contribution in [0.3, 0.4) is 0 Å². The molecule has 2 rings (SSSR count). The Bertz CT molecular complexity index is 631. The summed E-state index contributed by atoms with van der Waals surface area (Å²) in [5, 5.41) is 12.8. The molecule has 20 heavy (non-hydrogen) atoms. The van der Waals surface area contributed by atoms with Crippen molar-refractivity contribution in [2.45, 2.75) is 13.0 Å². The van der Waals surface area contributed by atoms with Crippen molar-refractivity contribution in [3.05, 3.63) is 63.1 Å². The molecule has 0 saturated carbocycles. The van der Waals surface area contributed by atoms with Crippen molar-refractivity contribution < 1.29 is 9.90 Å². The second-order valence-electron chi connectivity index (χ2n) is 4.32. The maximum absolute atomic E-state index is 10.8. The molecule has 0 spiro atoms. The standard InChI is InChI=1S/C15H13BrClNO2/c16-13-8-12(5-6-14(13)17)18-9-11-4-2-1-3-10(11)7-15(19)20/h1-6,8,18H,7,9H2,(H,19,20). The quantitative estimate of drug-likeness (QED) is 0.839. The minimum atomic E-state index is -0.827. The molecule has 0 atom stereocenters. The number of aliphatic carboxylic acids is 1. The van der Waals surface area contributed by atoms with E-state index in [4.69, 9.17) is 16.7 Å². The van der Waals surface area contributed by atoms with Crippen molar-refractivity contribution in [1.29, 1.82) is 0 Å². The van der Waals surface area contributed by atoms with Gasteiger partial charge in [0.2, 0.25) is 0 Å². The molecule has 2 aromatic carbocycles. The number of hydrogen-bond acceptors (Lipinski definition) is 2. The molecule has 0 saturated heterocycles. The Kier molecular flexibility index (Phi) is 5.04. The lowest BCUT2D eigenvalue weighted by Gasteiger charge is -2.11. The molecular formula is C15H13BrClNO2. The highest BCUT2D eigenvalue weighted by Crippen LogP contribution is 2.26. The maximum Gasteiger partial charge on any atom is 0.307 e. The molecule has 3 nitrogen and oxygen atoms in total. The number of hydrogen-bond donors (Lipinski definition) is 2. The first-order valence-electron chi connectivity index (χ1n) is 6.04. The normalized spacial score (nSPS) is 10.3. The average molecular weight is 355 g/mol. The molecule has 0 aromatic heterocycles. The molecule has 0 aliphatic carbocycles. The van der Waals surface area contributed by atoms with Crippen molar-refractivity contribution in [3.63, 3.8) is 0 Å². The van der Waals surface area contributed by atoms with Crippen LogP contribution in [-0.4, -0.2) is 11.1 Å². The Morgan fingerprint density at radius 2 is 1.90 bits per heavy atom. The second kappa shape index (κ2) is 6.77. The van der Waals surface area contributed by atoms with Crippen molar-refractivity contribution in [2.24, 2.45) is 0 Å². The fourth-order valence-electron chi connectivity index (χ4n) is 1.87. The number of carboxylic acid groups (broad SMARTS) is 1. The van der Waals surface area contributed by atoms with Gasteiger partial charge in [-0.1, -0.05) is 35.9 Å². The number of halogens is 2. The van der Waals surface area contributed by atoms with E-state index in [2.05, 4.69) is 21.2 Å². The molecule has 0 aliphatic heterocycles. The van der Waals surface area contributed by atoms with Gasteiger partial charge in [0.1, 0.15) is 0 Å². The van der Waals surface area contributed by atoms with Gasteiger partial charge in [-0.3, -0.25) is 4.79 Å². The number of nitrogens with one attached hydrogen (secondary N) is 1. The van der Waals surface area contributed by atoms with Gasteiger partial charge in [0, 0.05) is 16.7 Å². The van der Waals surface area contributed by atoms with E-state index in [0.29, 0.717) is 11.6 Å². The van der Waals surface area contributed by atoms with Crippen LogP contribution in [0.5, 0.6) is 0 Å². The lowest BCUT2D eigenvalue weighted by Crippen LogP contribution is -2.07. The van der Waals surface area contributed by atoms with E-state index in [-0.39, 0.29) is 6.42 Å². The predicted molar refractivity (Wildman–Crippen MR) is 84.3 cm³/mol. The number of benzene rings is 2. The molecule has 0 radical (unpaired) electrons. The zero-order valence-corrected chi connectivity index (χ0v) is 12.9. The molecule has 104 valence electrons. The van der Waals surface area contributed by atoms with Crippen LogP contribution in [0.15, 0.2) is 46.9 Å². The van der Waals surface area contributed by atoms with E-state index >= 15 is 0 Å². The van der Waals surface area contributed by atoms with Gasteiger partial charge in [-0.05, 0) is 45.3 Å². The first-order valence-corrected chi connectivity index (χ1v) is 7.21. The summed E-state index contributed by atoms with van der Waals surface area (Å²) in [5.74, 6) is -0.827. The van der Waals surface area contributed by atoms with Gasteiger partial charge >= 0.3 is 5.97 Å². The van der Waals surface area contributed by atoms with Crippen LogP contribution in [0.4, 0.5) is 5.69 Å². The number of rotatable bonds is 5. The smallest absolute Gasteiger partial charge is 0.307 e. The fraction of sp³-hybridized carbons (Fsp3) is 0.133. The Morgan fingerprint density at radius 1 is 1.20 bits per heavy atom. The van der Waals surface area contributed by atoms with E-state index in [1.54, 1.807) is 6.07 Å². The molecule has 0 aliphatic rings. The zero-order chi connectivity index (χ0) is 14.5. The molecule has 0 unspecified atom stereocenters. The molecule has 0 amide bonds. The summed E-state index contributed by atoms with van der Waals surface area (Å²) < 4.78 is 0.822. The summed E-state index contributed by atoms with van der Waals surface area (Å²) in [6.45, 7) is 0.567. The van der Waals surface area contributed by atoms with Crippen LogP contribution in [0.25, 0.3) is 0 Å². The van der Waals surface area contributed by atoms with Crippen molar-refractivity contribution in [1.82, 2.24) is 0 Å². The Hall–Kier alpha value is -1.52. The first kappa shape index (κ1) is 14.9. The Balaban J connectivity index is 2.10. The van der Waals surface area contributed by atoms with Crippen LogP contribution >= 0.6 is 27.5 Å². The largest absolute Gasteiger partial charge is 0.481 e. The van der Waals surface area contributed by atoms with E-state index in [1.807, 2.05) is 36.4 Å². The van der Waals surface area contributed by atoms with Crippen molar-refractivity contribution in [3.8, 4) is 0 Å². The molecular weight excluding hydrogens is 342 g/mol. The third kappa shape index (κ3) is 3.99. The van der Waals surface area contributed by atoms with Crippen LogP contribution in [0, 0.1) is 0 Å². The van der Waals surface area contributed by atoms with E-state index in [9.17, 15) is 4.79 Å². The fourth-order valence-corrected chi connectivity index (χ4v) is 2.37. The number of carboxylic acids is 1. The molecule has 0 fully saturated rings. The topological polar surface area (TPSA) is 49.3 Å². The van der Waals surface area contributed by atoms with Crippen molar-refractivity contribution >= 4 is 39.2 Å². The average Bonchev–Trinajstić information content (AvgIpc) is 2.41. The number of anilines is 1. The minimum absolute atomic E-state index is 0.0299. The van der Waals surface area contributed by atoms with Gasteiger partial charge in [-0.15, -0.1) is 0 Å². The zero-order valence-electron chi connectivity index (χ0n) is 10.6. The van der Waals surface area contributed by atoms with Gasteiger partial charge < -0.3 is 10.4 Å². The van der Waals surface area contributed by atoms with Crippen molar-refractivity contribution in [2.75, 3.05) is 5.32 Å². The summed E-state index contributed by atoms with van der Waals surface area (Å²) in [5.41, 5.74) is 2.72. The lowest BCUT2D eigenvalue weighted by atomic mass is 10.0. The van der Waals surface area contributed by atoms with Crippen LogP contribution in [0.2, 0.25) is 5.02 Å². The molecule has 0 bridgehead atoms.